The van der Waals surface area contributed by atoms with Crippen molar-refractivity contribution in [2.45, 2.75) is 43.0 Å². The van der Waals surface area contributed by atoms with Crippen LogP contribution in [-0.4, -0.2) is 45.4 Å². The van der Waals surface area contributed by atoms with E-state index in [0.717, 1.165) is 34.1 Å². The number of benzene rings is 3. The molecule has 0 amide bonds. The van der Waals surface area contributed by atoms with Crippen LogP contribution in [0.4, 0.5) is 4.39 Å². The smallest absolute Gasteiger partial charge is 0.246 e. The highest BCUT2D eigenvalue weighted by Crippen LogP contribution is 2.41. The maximum absolute atomic E-state index is 13.7. The number of hydrogen-bond acceptors (Lipinski definition) is 4. The molecule has 1 fully saturated rings. The molecule has 1 unspecified atom stereocenters. The summed E-state index contributed by atoms with van der Waals surface area (Å²) in [7, 11) is -3.68. The Morgan fingerprint density at radius 3 is 2.54 bits per heavy atom. The van der Waals surface area contributed by atoms with Crippen molar-refractivity contribution in [1.82, 2.24) is 23.9 Å². The van der Waals surface area contributed by atoms with Gasteiger partial charge in [-0.15, -0.1) is 0 Å². The lowest BCUT2D eigenvalue weighted by atomic mass is 9.74. The molecule has 0 N–H and O–H groups in total. The fourth-order valence-corrected chi connectivity index (χ4v) is 7.12. The summed E-state index contributed by atoms with van der Waals surface area (Å²) in [5, 5.41) is 9.76. The maximum atomic E-state index is 13.7. The van der Waals surface area contributed by atoms with Gasteiger partial charge < -0.3 is 0 Å². The zero-order valence-corrected chi connectivity index (χ0v) is 22.6. The van der Waals surface area contributed by atoms with Gasteiger partial charge in [-0.3, -0.25) is 4.68 Å². The van der Waals surface area contributed by atoms with Gasteiger partial charge in [0.2, 0.25) is 10.0 Å². The minimum atomic E-state index is -3.68. The normalized spacial score (nSPS) is 18.2. The van der Waals surface area contributed by atoms with Crippen molar-refractivity contribution in [2.75, 3.05) is 13.1 Å². The molecular weight excluding hydrogens is 513 g/mol. The molecule has 1 aliphatic heterocycles. The molecule has 0 bridgehead atoms. The van der Waals surface area contributed by atoms with Gasteiger partial charge in [0.05, 0.1) is 23.6 Å². The summed E-state index contributed by atoms with van der Waals surface area (Å²) in [4.78, 5) is 0.238. The van der Waals surface area contributed by atoms with Crippen molar-refractivity contribution in [3.63, 3.8) is 0 Å². The van der Waals surface area contributed by atoms with Crippen molar-refractivity contribution in [2.24, 2.45) is 0 Å². The molecule has 0 aliphatic carbocycles. The number of halogens is 1. The fourth-order valence-electron chi connectivity index (χ4n) is 5.64. The highest BCUT2D eigenvalue weighted by Gasteiger charge is 2.44. The molecule has 9 heteroatoms. The van der Waals surface area contributed by atoms with Gasteiger partial charge in [0, 0.05) is 36.6 Å². The summed E-state index contributed by atoms with van der Waals surface area (Å²) in [5.41, 5.74) is 3.53. The molecule has 3 heterocycles. The minimum absolute atomic E-state index is 0.238. The molecule has 0 saturated carbocycles. The van der Waals surface area contributed by atoms with Crippen LogP contribution in [0.1, 0.15) is 30.9 Å². The van der Waals surface area contributed by atoms with Crippen molar-refractivity contribution in [1.29, 1.82) is 0 Å². The second-order valence-electron chi connectivity index (χ2n) is 10.3. The lowest BCUT2D eigenvalue weighted by Crippen LogP contribution is -2.36. The monoisotopic (exact) mass is 543 g/mol. The summed E-state index contributed by atoms with van der Waals surface area (Å²) in [6.45, 7) is 3.52. The molecule has 6 rings (SSSR count). The number of aryl methyl sites for hydroxylation is 1. The Kier molecular flexibility index (Phi) is 6.56. The van der Waals surface area contributed by atoms with Crippen molar-refractivity contribution >= 4 is 20.9 Å². The van der Waals surface area contributed by atoms with E-state index in [1.165, 1.54) is 18.3 Å². The van der Waals surface area contributed by atoms with Gasteiger partial charge >= 0.3 is 0 Å². The van der Waals surface area contributed by atoms with E-state index < -0.39 is 15.4 Å². The van der Waals surface area contributed by atoms with E-state index in [-0.39, 0.29) is 10.7 Å². The van der Waals surface area contributed by atoms with Crippen LogP contribution in [0.3, 0.4) is 0 Å². The van der Waals surface area contributed by atoms with E-state index in [1.54, 1.807) is 32.0 Å². The van der Waals surface area contributed by atoms with E-state index in [2.05, 4.69) is 34.5 Å². The molecule has 2 aromatic heterocycles. The van der Waals surface area contributed by atoms with Gasteiger partial charge in [-0.1, -0.05) is 43.3 Å². The molecule has 200 valence electrons. The zero-order valence-electron chi connectivity index (χ0n) is 21.7. The second-order valence-corrected chi connectivity index (χ2v) is 12.2. The van der Waals surface area contributed by atoms with Crippen LogP contribution in [-0.2, 0) is 28.4 Å². The van der Waals surface area contributed by atoms with Crippen LogP contribution in [0.25, 0.3) is 16.6 Å². The molecule has 1 saturated heterocycles. The standard InChI is InChI=1S/C30H30FN5O2S/c1-2-15-34-21-28(20-32-34)39(37,38)35-16-14-30(22-35,18-23-6-4-3-5-7-23)25-8-13-29-24(17-25)19-33-36(29)27-11-9-26(31)10-12-27/h3-13,17,19-21H,2,14-16,18,22H2,1H3. The van der Waals surface area contributed by atoms with Crippen LogP contribution in [0, 0.1) is 5.82 Å². The Hall–Kier alpha value is -3.82. The van der Waals surface area contributed by atoms with E-state index in [1.807, 2.05) is 37.4 Å². The highest BCUT2D eigenvalue weighted by molar-refractivity contribution is 7.89. The Bertz CT molecular complexity index is 1710. The first-order valence-electron chi connectivity index (χ1n) is 13.2. The average Bonchev–Trinajstić information content (AvgIpc) is 3.69. The Morgan fingerprint density at radius 1 is 0.974 bits per heavy atom. The molecule has 5 aromatic rings. The quantitative estimate of drug-likeness (QED) is 0.265. The van der Waals surface area contributed by atoms with Gasteiger partial charge in [-0.05, 0) is 66.8 Å². The zero-order chi connectivity index (χ0) is 27.0. The topological polar surface area (TPSA) is 73.0 Å². The van der Waals surface area contributed by atoms with Gasteiger partial charge in [0.25, 0.3) is 0 Å². The number of fused-ring (bicyclic) bond motifs is 1. The minimum Gasteiger partial charge on any atom is -0.271 e. The first kappa shape index (κ1) is 25.5. The maximum Gasteiger partial charge on any atom is 0.246 e. The summed E-state index contributed by atoms with van der Waals surface area (Å²) in [6, 6.07) is 22.7. The SMILES string of the molecule is CCCn1cc(S(=O)(=O)N2CCC(Cc3ccccc3)(c3ccc4c(cnn4-c4ccc(F)cc4)c3)C2)cn1. The molecular formula is C30H30FN5O2S. The number of hydrogen-bond donors (Lipinski definition) is 0. The largest absolute Gasteiger partial charge is 0.271 e. The Labute approximate surface area is 227 Å². The second kappa shape index (κ2) is 10.1. The lowest BCUT2D eigenvalue weighted by molar-refractivity contribution is 0.415. The van der Waals surface area contributed by atoms with Crippen LogP contribution < -0.4 is 0 Å². The van der Waals surface area contributed by atoms with Crippen molar-refractivity contribution in [3.05, 3.63) is 108 Å². The predicted molar refractivity (Wildman–Crippen MR) is 149 cm³/mol. The third-order valence-electron chi connectivity index (χ3n) is 7.66. The summed E-state index contributed by atoms with van der Waals surface area (Å²) in [6.07, 6.45) is 7.19. The first-order chi connectivity index (χ1) is 18.9. The predicted octanol–water partition coefficient (Wildman–Crippen LogP) is 5.35. The lowest BCUT2D eigenvalue weighted by Gasteiger charge is -2.30. The van der Waals surface area contributed by atoms with E-state index in [9.17, 15) is 12.8 Å². The number of sulfonamides is 1. The van der Waals surface area contributed by atoms with Crippen LogP contribution in [0.2, 0.25) is 0 Å². The molecule has 0 radical (unpaired) electrons. The van der Waals surface area contributed by atoms with Gasteiger partial charge in [-0.2, -0.15) is 14.5 Å². The Balaban J connectivity index is 1.37. The van der Waals surface area contributed by atoms with Crippen LogP contribution in [0.15, 0.2) is 96.3 Å². The Morgan fingerprint density at radius 2 is 1.77 bits per heavy atom. The fraction of sp³-hybridized carbons (Fsp3) is 0.267. The molecule has 1 atom stereocenters. The van der Waals surface area contributed by atoms with E-state index in [0.29, 0.717) is 32.5 Å². The van der Waals surface area contributed by atoms with Gasteiger partial charge in [-0.25, -0.2) is 17.5 Å². The average molecular weight is 544 g/mol. The number of rotatable bonds is 8. The first-order valence-corrected chi connectivity index (χ1v) is 14.6. The summed E-state index contributed by atoms with van der Waals surface area (Å²) in [5.74, 6) is -0.293. The number of aromatic nitrogens is 4. The summed E-state index contributed by atoms with van der Waals surface area (Å²) >= 11 is 0. The third kappa shape index (κ3) is 4.77. The van der Waals surface area contributed by atoms with Gasteiger partial charge in [0.15, 0.2) is 0 Å². The molecule has 7 nitrogen and oxygen atoms in total. The van der Waals surface area contributed by atoms with Crippen molar-refractivity contribution in [3.8, 4) is 5.69 Å². The van der Waals surface area contributed by atoms with Crippen LogP contribution in [0.5, 0.6) is 0 Å². The third-order valence-corrected chi connectivity index (χ3v) is 9.45. The van der Waals surface area contributed by atoms with E-state index >= 15 is 0 Å². The van der Waals surface area contributed by atoms with E-state index in [4.69, 9.17) is 0 Å². The van der Waals surface area contributed by atoms with Crippen molar-refractivity contribution < 1.29 is 12.8 Å². The van der Waals surface area contributed by atoms with Gasteiger partial charge in [0.1, 0.15) is 10.7 Å². The molecule has 1 aliphatic rings. The molecule has 39 heavy (non-hydrogen) atoms. The number of nitrogens with zero attached hydrogens (tertiary/aromatic N) is 5. The molecule has 0 spiro atoms. The van der Waals surface area contributed by atoms with Crippen LogP contribution >= 0.6 is 0 Å². The summed E-state index contributed by atoms with van der Waals surface area (Å²) < 4.78 is 45.9. The molecule has 3 aromatic carbocycles. The highest BCUT2D eigenvalue weighted by atomic mass is 32.2.